The van der Waals surface area contributed by atoms with Gasteiger partial charge in [0, 0.05) is 5.39 Å². The van der Waals surface area contributed by atoms with E-state index >= 15 is 0 Å². The van der Waals surface area contributed by atoms with E-state index in [0.717, 1.165) is 5.39 Å². The second-order valence-corrected chi connectivity index (χ2v) is 4.94. The van der Waals surface area contributed by atoms with Gasteiger partial charge in [-0.15, -0.1) is 10.2 Å². The van der Waals surface area contributed by atoms with Crippen LogP contribution in [-0.2, 0) is 22.6 Å². The smallest absolute Gasteiger partial charge is 0.312 e. The van der Waals surface area contributed by atoms with Gasteiger partial charge in [-0.2, -0.15) is 0 Å². The fourth-order valence-corrected chi connectivity index (χ4v) is 2.21. The number of furan rings is 1. The molecule has 0 fully saturated rings. The van der Waals surface area contributed by atoms with Crippen LogP contribution in [0.15, 0.2) is 56.0 Å². The van der Waals surface area contributed by atoms with Crippen LogP contribution >= 0.6 is 0 Å². The van der Waals surface area contributed by atoms with E-state index in [4.69, 9.17) is 18.1 Å². The van der Waals surface area contributed by atoms with Crippen molar-refractivity contribution in [3.63, 3.8) is 0 Å². The highest BCUT2D eigenvalue weighted by Crippen LogP contribution is 2.20. The molecule has 0 atom stereocenters. The first-order chi connectivity index (χ1) is 11.8. The maximum absolute atomic E-state index is 12.0. The van der Waals surface area contributed by atoms with Crippen molar-refractivity contribution in [2.75, 3.05) is 0 Å². The van der Waals surface area contributed by atoms with Crippen LogP contribution in [0.2, 0.25) is 0 Å². The lowest BCUT2D eigenvalue weighted by atomic mass is 10.2. The Hall–Kier alpha value is -3.42. The van der Waals surface area contributed by atoms with Crippen LogP contribution in [-0.4, -0.2) is 21.3 Å². The van der Waals surface area contributed by atoms with Gasteiger partial charge in [-0.3, -0.25) is 4.79 Å². The summed E-state index contributed by atoms with van der Waals surface area (Å²) < 4.78 is 20.8. The SMILES string of the molecule is O=C(Cc1noc2ccccc12)OCc1nnc(-c2ccco2)o1. The Labute approximate surface area is 135 Å². The van der Waals surface area contributed by atoms with Crippen LogP contribution < -0.4 is 0 Å². The quantitative estimate of drug-likeness (QED) is 0.516. The summed E-state index contributed by atoms with van der Waals surface area (Å²) in [6.07, 6.45) is 1.50. The Morgan fingerprint density at radius 2 is 2.04 bits per heavy atom. The average molecular weight is 325 g/mol. The Bertz CT molecular complexity index is 971. The van der Waals surface area contributed by atoms with Gasteiger partial charge in [-0.1, -0.05) is 17.3 Å². The third kappa shape index (κ3) is 2.76. The van der Waals surface area contributed by atoms with E-state index in [9.17, 15) is 4.79 Å². The van der Waals surface area contributed by atoms with Gasteiger partial charge in [0.2, 0.25) is 0 Å². The van der Waals surface area contributed by atoms with Crippen LogP contribution in [0.4, 0.5) is 0 Å². The molecule has 3 heterocycles. The molecule has 4 aromatic rings. The van der Waals surface area contributed by atoms with E-state index < -0.39 is 5.97 Å². The lowest BCUT2D eigenvalue weighted by molar-refractivity contribution is -0.144. The summed E-state index contributed by atoms with van der Waals surface area (Å²) in [5.74, 6) is 0.397. The molecule has 120 valence electrons. The van der Waals surface area contributed by atoms with Crippen molar-refractivity contribution in [2.24, 2.45) is 0 Å². The maximum Gasteiger partial charge on any atom is 0.312 e. The number of carbonyl (C=O) groups excluding carboxylic acids is 1. The van der Waals surface area contributed by atoms with Gasteiger partial charge in [0.1, 0.15) is 5.69 Å². The zero-order valence-corrected chi connectivity index (χ0v) is 12.3. The molecule has 0 saturated heterocycles. The minimum atomic E-state index is -0.466. The Morgan fingerprint density at radius 3 is 2.92 bits per heavy atom. The fourth-order valence-electron chi connectivity index (χ4n) is 2.21. The van der Waals surface area contributed by atoms with Crippen molar-refractivity contribution in [1.82, 2.24) is 15.4 Å². The number of benzene rings is 1. The summed E-state index contributed by atoms with van der Waals surface area (Å²) in [7, 11) is 0. The number of aromatic nitrogens is 3. The number of carbonyl (C=O) groups is 1. The van der Waals surface area contributed by atoms with E-state index in [-0.39, 0.29) is 24.8 Å². The van der Waals surface area contributed by atoms with Gasteiger partial charge in [0.25, 0.3) is 11.8 Å². The zero-order chi connectivity index (χ0) is 16.4. The molecular formula is C16H11N3O5. The highest BCUT2D eigenvalue weighted by molar-refractivity contribution is 5.84. The highest BCUT2D eigenvalue weighted by Gasteiger charge is 2.15. The molecule has 1 aromatic carbocycles. The molecule has 0 spiro atoms. The van der Waals surface area contributed by atoms with Gasteiger partial charge >= 0.3 is 5.97 Å². The van der Waals surface area contributed by atoms with Crippen molar-refractivity contribution in [1.29, 1.82) is 0 Å². The van der Waals surface area contributed by atoms with Gasteiger partial charge in [0.05, 0.1) is 12.7 Å². The molecule has 4 rings (SSSR count). The van der Waals surface area contributed by atoms with Gasteiger partial charge < -0.3 is 18.1 Å². The molecule has 24 heavy (non-hydrogen) atoms. The summed E-state index contributed by atoms with van der Waals surface area (Å²) >= 11 is 0. The number of ether oxygens (including phenoxy) is 1. The fraction of sp³-hybridized carbons (Fsp3) is 0.125. The van der Waals surface area contributed by atoms with E-state index in [2.05, 4.69) is 15.4 Å². The van der Waals surface area contributed by atoms with Gasteiger partial charge in [-0.05, 0) is 24.3 Å². The minimum absolute atomic E-state index is 0.00378. The van der Waals surface area contributed by atoms with E-state index in [0.29, 0.717) is 17.0 Å². The molecule has 3 aromatic heterocycles. The summed E-state index contributed by atoms with van der Waals surface area (Å²) in [5, 5.41) is 12.3. The normalized spacial score (nSPS) is 11.0. The van der Waals surface area contributed by atoms with Crippen molar-refractivity contribution < 1.29 is 22.9 Å². The van der Waals surface area contributed by atoms with Crippen molar-refractivity contribution in [3.8, 4) is 11.7 Å². The zero-order valence-electron chi connectivity index (χ0n) is 12.3. The molecule has 0 N–H and O–H groups in total. The average Bonchev–Trinajstić information content (AvgIpc) is 3.34. The molecule has 0 aliphatic rings. The molecule has 0 amide bonds. The van der Waals surface area contributed by atoms with Crippen molar-refractivity contribution in [3.05, 3.63) is 54.2 Å². The number of rotatable bonds is 5. The molecule has 8 heteroatoms. The third-order valence-corrected chi connectivity index (χ3v) is 3.32. The predicted octanol–water partition coefficient (Wildman–Crippen LogP) is 2.76. The van der Waals surface area contributed by atoms with Crippen LogP contribution in [0.25, 0.3) is 22.6 Å². The van der Waals surface area contributed by atoms with E-state index in [1.165, 1.54) is 6.26 Å². The van der Waals surface area contributed by atoms with Gasteiger partial charge in [-0.25, -0.2) is 0 Å². The number of fused-ring (bicyclic) bond motifs is 1. The second-order valence-electron chi connectivity index (χ2n) is 4.94. The molecule has 0 bridgehead atoms. The summed E-state index contributed by atoms with van der Waals surface area (Å²) in [6, 6.07) is 10.7. The second kappa shape index (κ2) is 5.99. The molecule has 0 aliphatic carbocycles. The summed E-state index contributed by atoms with van der Waals surface area (Å²) in [6.45, 7) is -0.123. The monoisotopic (exact) mass is 325 g/mol. The summed E-state index contributed by atoms with van der Waals surface area (Å²) in [5.41, 5.74) is 1.15. The van der Waals surface area contributed by atoms with Crippen LogP contribution in [0.5, 0.6) is 0 Å². The molecule has 8 nitrogen and oxygen atoms in total. The Kier molecular flexibility index (Phi) is 3.54. The van der Waals surface area contributed by atoms with Crippen molar-refractivity contribution in [2.45, 2.75) is 13.0 Å². The largest absolute Gasteiger partial charge is 0.459 e. The van der Waals surface area contributed by atoms with Gasteiger partial charge in [0.15, 0.2) is 18.0 Å². The minimum Gasteiger partial charge on any atom is -0.459 e. The first-order valence-electron chi connectivity index (χ1n) is 7.15. The number of para-hydroxylation sites is 1. The predicted molar refractivity (Wildman–Crippen MR) is 79.5 cm³/mol. The lowest BCUT2D eigenvalue weighted by Gasteiger charge is -1.99. The van der Waals surface area contributed by atoms with Crippen LogP contribution in [0.3, 0.4) is 0 Å². The molecule has 0 saturated carbocycles. The summed E-state index contributed by atoms with van der Waals surface area (Å²) in [4.78, 5) is 12.0. The Balaban J connectivity index is 1.38. The number of nitrogens with zero attached hydrogens (tertiary/aromatic N) is 3. The molecule has 0 aliphatic heterocycles. The molecule has 0 radical (unpaired) electrons. The highest BCUT2D eigenvalue weighted by atomic mass is 16.5. The van der Waals surface area contributed by atoms with E-state index in [1.54, 1.807) is 18.2 Å². The number of esters is 1. The van der Waals surface area contributed by atoms with Crippen LogP contribution in [0.1, 0.15) is 11.6 Å². The maximum atomic E-state index is 12.0. The molecular weight excluding hydrogens is 314 g/mol. The number of hydrogen-bond acceptors (Lipinski definition) is 8. The number of hydrogen-bond donors (Lipinski definition) is 0. The van der Waals surface area contributed by atoms with Crippen molar-refractivity contribution >= 4 is 16.9 Å². The van der Waals surface area contributed by atoms with Crippen LogP contribution in [0, 0.1) is 0 Å². The first kappa shape index (κ1) is 14.2. The lowest BCUT2D eigenvalue weighted by Crippen LogP contribution is -2.08. The Morgan fingerprint density at radius 1 is 1.12 bits per heavy atom. The third-order valence-electron chi connectivity index (χ3n) is 3.32. The standard InChI is InChI=1S/C16H11N3O5/c20-15(8-11-10-4-1-2-5-12(10)24-19-11)22-9-14-17-18-16(23-14)13-6-3-7-21-13/h1-7H,8-9H2. The topological polar surface area (TPSA) is 104 Å². The van der Waals surface area contributed by atoms with E-state index in [1.807, 2.05) is 18.2 Å². The first-order valence-corrected chi connectivity index (χ1v) is 7.15. The molecule has 0 unspecified atom stereocenters.